The lowest BCUT2D eigenvalue weighted by molar-refractivity contribution is 0.0955. The van der Waals surface area contributed by atoms with Gasteiger partial charge in [-0.15, -0.1) is 0 Å². The van der Waals surface area contributed by atoms with E-state index in [0.29, 0.717) is 12.1 Å². The fourth-order valence-electron chi connectivity index (χ4n) is 1.71. The van der Waals surface area contributed by atoms with Crippen molar-refractivity contribution < 1.29 is 9.00 Å². The number of aryl methyl sites for hydroxylation is 1. The Morgan fingerprint density at radius 1 is 1.40 bits per heavy atom. The molecule has 2 N–H and O–H groups in total. The molecule has 5 heteroatoms. The lowest BCUT2D eigenvalue weighted by atomic mass is 10.1. The van der Waals surface area contributed by atoms with Crippen LogP contribution in [0.1, 0.15) is 36.2 Å². The van der Waals surface area contributed by atoms with Crippen LogP contribution in [0.3, 0.4) is 0 Å². The molecule has 1 aromatic carbocycles. The molecule has 4 nitrogen and oxygen atoms in total. The molecule has 1 amide bonds. The molecule has 0 aliphatic rings. The van der Waals surface area contributed by atoms with Gasteiger partial charge in [-0.1, -0.05) is 13.0 Å². The minimum Gasteiger partial charge on any atom is -0.384 e. The Labute approximate surface area is 123 Å². The Balaban J connectivity index is 2.78. The molecule has 0 radical (unpaired) electrons. The third-order valence-electron chi connectivity index (χ3n) is 3.10. The summed E-state index contributed by atoms with van der Waals surface area (Å²) in [7, 11) is -0.927. The number of carbonyl (C=O) groups is 1. The maximum Gasteiger partial charge on any atom is 0.253 e. The highest BCUT2D eigenvalue weighted by Gasteiger charge is 2.13. The highest BCUT2D eigenvalue weighted by Crippen LogP contribution is 2.17. The Kier molecular flexibility index (Phi) is 6.71. The second-order valence-electron chi connectivity index (χ2n) is 5.00. The first-order valence-electron chi connectivity index (χ1n) is 6.90. The fraction of sp³-hybridized carbons (Fsp3) is 0.533. The first kappa shape index (κ1) is 16.7. The number of carbonyl (C=O) groups excluding carboxylic acids is 1. The molecule has 2 atom stereocenters. The number of hydrogen-bond acceptors (Lipinski definition) is 3. The molecule has 0 aliphatic carbocycles. The van der Waals surface area contributed by atoms with Crippen LogP contribution < -0.4 is 10.6 Å². The zero-order valence-electron chi connectivity index (χ0n) is 12.7. The SMILES string of the molecule is CCCNc1cc(C)ccc1C(=O)NCC(C)S(C)=O. The van der Waals surface area contributed by atoms with Gasteiger partial charge in [0.25, 0.3) is 5.91 Å². The molecule has 0 heterocycles. The number of benzene rings is 1. The van der Waals surface area contributed by atoms with E-state index in [1.54, 1.807) is 6.26 Å². The number of anilines is 1. The summed E-state index contributed by atoms with van der Waals surface area (Å²) in [6.45, 7) is 7.20. The van der Waals surface area contributed by atoms with Gasteiger partial charge in [-0.05, 0) is 38.0 Å². The molecule has 0 aromatic heterocycles. The summed E-state index contributed by atoms with van der Waals surface area (Å²) in [5.74, 6) is -0.124. The summed E-state index contributed by atoms with van der Waals surface area (Å²) in [4.78, 5) is 12.2. The van der Waals surface area contributed by atoms with Crippen LogP contribution in [0.2, 0.25) is 0 Å². The molecule has 112 valence electrons. The van der Waals surface area contributed by atoms with E-state index in [1.165, 1.54) is 0 Å². The zero-order chi connectivity index (χ0) is 15.1. The molecule has 0 saturated carbocycles. The second kappa shape index (κ2) is 8.04. The van der Waals surface area contributed by atoms with Gasteiger partial charge in [0, 0.05) is 41.1 Å². The van der Waals surface area contributed by atoms with Crippen molar-refractivity contribution in [3.05, 3.63) is 29.3 Å². The Morgan fingerprint density at radius 3 is 2.70 bits per heavy atom. The highest BCUT2D eigenvalue weighted by molar-refractivity contribution is 7.84. The summed E-state index contributed by atoms with van der Waals surface area (Å²) in [5, 5.41) is 6.07. The van der Waals surface area contributed by atoms with Gasteiger partial charge in [-0.2, -0.15) is 0 Å². The van der Waals surface area contributed by atoms with Crippen molar-refractivity contribution in [2.24, 2.45) is 0 Å². The van der Waals surface area contributed by atoms with Gasteiger partial charge in [0.15, 0.2) is 0 Å². The zero-order valence-corrected chi connectivity index (χ0v) is 13.5. The van der Waals surface area contributed by atoms with Crippen molar-refractivity contribution in [1.29, 1.82) is 0 Å². The molecule has 0 spiro atoms. The second-order valence-corrected chi connectivity index (χ2v) is 6.80. The van der Waals surface area contributed by atoms with Crippen molar-refractivity contribution in [3.8, 4) is 0 Å². The standard InChI is InChI=1S/C15H24N2O2S/c1-5-8-16-14-9-11(2)6-7-13(14)15(18)17-10-12(3)20(4)19/h6-7,9,12,16H,5,8,10H2,1-4H3,(H,17,18). The van der Waals surface area contributed by atoms with E-state index in [4.69, 9.17) is 0 Å². The number of rotatable bonds is 7. The smallest absolute Gasteiger partial charge is 0.253 e. The van der Waals surface area contributed by atoms with Gasteiger partial charge in [-0.3, -0.25) is 9.00 Å². The molecule has 2 unspecified atom stereocenters. The maximum absolute atomic E-state index is 12.2. The van der Waals surface area contributed by atoms with Crippen molar-refractivity contribution in [1.82, 2.24) is 5.32 Å². The summed E-state index contributed by atoms with van der Waals surface area (Å²) < 4.78 is 11.3. The van der Waals surface area contributed by atoms with Crippen molar-refractivity contribution in [2.75, 3.05) is 24.7 Å². The Bertz CT molecular complexity index is 489. The van der Waals surface area contributed by atoms with Crippen molar-refractivity contribution in [3.63, 3.8) is 0 Å². The van der Waals surface area contributed by atoms with Gasteiger partial charge in [-0.25, -0.2) is 0 Å². The Morgan fingerprint density at radius 2 is 2.10 bits per heavy atom. The molecule has 1 rings (SSSR count). The monoisotopic (exact) mass is 296 g/mol. The van der Waals surface area contributed by atoms with E-state index in [-0.39, 0.29) is 11.2 Å². The van der Waals surface area contributed by atoms with E-state index in [9.17, 15) is 9.00 Å². The normalized spacial score (nSPS) is 13.6. The van der Waals surface area contributed by atoms with Gasteiger partial charge in [0.2, 0.25) is 0 Å². The third-order valence-corrected chi connectivity index (χ3v) is 4.40. The summed E-state index contributed by atoms with van der Waals surface area (Å²) >= 11 is 0. The summed E-state index contributed by atoms with van der Waals surface area (Å²) in [5.41, 5.74) is 2.61. The molecular weight excluding hydrogens is 272 g/mol. The molecule has 0 bridgehead atoms. The predicted octanol–water partition coefficient (Wildman–Crippen LogP) is 2.31. The number of nitrogens with one attached hydrogen (secondary N) is 2. The molecule has 20 heavy (non-hydrogen) atoms. The fourth-order valence-corrected chi connectivity index (χ4v) is 2.03. The minimum absolute atomic E-state index is 0.0450. The van der Waals surface area contributed by atoms with Crippen LogP contribution in [0.5, 0.6) is 0 Å². The molecule has 0 saturated heterocycles. The third kappa shape index (κ3) is 4.96. The van der Waals surface area contributed by atoms with Crippen LogP contribution in [-0.2, 0) is 10.8 Å². The molecular formula is C15H24N2O2S. The minimum atomic E-state index is -0.927. The number of amides is 1. The number of hydrogen-bond donors (Lipinski definition) is 2. The van der Waals surface area contributed by atoms with Crippen LogP contribution in [0.4, 0.5) is 5.69 Å². The Hall–Kier alpha value is -1.36. The van der Waals surface area contributed by atoms with E-state index < -0.39 is 10.8 Å². The van der Waals surface area contributed by atoms with Gasteiger partial charge < -0.3 is 10.6 Å². The van der Waals surface area contributed by atoms with E-state index in [1.807, 2.05) is 32.0 Å². The summed E-state index contributed by atoms with van der Waals surface area (Å²) in [6.07, 6.45) is 2.65. The molecule has 0 fully saturated rings. The quantitative estimate of drug-likeness (QED) is 0.812. The van der Waals surface area contributed by atoms with E-state index >= 15 is 0 Å². The van der Waals surface area contributed by atoms with Gasteiger partial charge >= 0.3 is 0 Å². The molecule has 0 aliphatic heterocycles. The van der Waals surface area contributed by atoms with E-state index in [0.717, 1.165) is 24.2 Å². The average molecular weight is 296 g/mol. The largest absolute Gasteiger partial charge is 0.384 e. The van der Waals surface area contributed by atoms with Crippen molar-refractivity contribution >= 4 is 22.4 Å². The van der Waals surface area contributed by atoms with Crippen LogP contribution in [0.25, 0.3) is 0 Å². The van der Waals surface area contributed by atoms with Crippen molar-refractivity contribution in [2.45, 2.75) is 32.4 Å². The first-order chi connectivity index (χ1) is 9.45. The van der Waals surface area contributed by atoms with Crippen LogP contribution >= 0.6 is 0 Å². The van der Waals surface area contributed by atoms with Crippen LogP contribution in [0, 0.1) is 6.92 Å². The van der Waals surface area contributed by atoms with Crippen LogP contribution in [-0.4, -0.2) is 34.7 Å². The van der Waals surface area contributed by atoms with Gasteiger partial charge in [0.05, 0.1) is 5.56 Å². The topological polar surface area (TPSA) is 58.2 Å². The first-order valence-corrected chi connectivity index (χ1v) is 8.52. The predicted molar refractivity (Wildman–Crippen MR) is 85.8 cm³/mol. The summed E-state index contributed by atoms with van der Waals surface area (Å²) in [6, 6.07) is 5.73. The van der Waals surface area contributed by atoms with Crippen LogP contribution in [0.15, 0.2) is 18.2 Å². The van der Waals surface area contributed by atoms with E-state index in [2.05, 4.69) is 17.6 Å². The lowest BCUT2D eigenvalue weighted by Gasteiger charge is -2.14. The highest BCUT2D eigenvalue weighted by atomic mass is 32.2. The average Bonchev–Trinajstić information content (AvgIpc) is 2.42. The lowest BCUT2D eigenvalue weighted by Crippen LogP contribution is -2.33. The maximum atomic E-state index is 12.2. The molecule has 1 aromatic rings. The van der Waals surface area contributed by atoms with Gasteiger partial charge in [0.1, 0.15) is 0 Å².